The average molecular weight is 379 g/mol. The van der Waals surface area contributed by atoms with E-state index in [-0.39, 0.29) is 17.0 Å². The molecule has 0 N–H and O–H groups in total. The minimum Gasteiger partial charge on any atom is -0.489 e. The summed E-state index contributed by atoms with van der Waals surface area (Å²) in [5.41, 5.74) is 2.56. The molecule has 0 spiro atoms. The van der Waals surface area contributed by atoms with Gasteiger partial charge in [-0.15, -0.1) is 0 Å². The van der Waals surface area contributed by atoms with Gasteiger partial charge >= 0.3 is 0 Å². The minimum absolute atomic E-state index is 0.0737. The number of ether oxygens (including phenoxy) is 1. The van der Waals surface area contributed by atoms with Gasteiger partial charge in [-0.05, 0) is 34.6 Å². The Kier molecular flexibility index (Phi) is 5.02. The molecular weight excluding hydrogens is 358 g/mol. The van der Waals surface area contributed by atoms with Crippen molar-refractivity contribution in [3.8, 4) is 23.3 Å². The van der Waals surface area contributed by atoms with E-state index in [0.29, 0.717) is 0 Å². The van der Waals surface area contributed by atoms with Crippen LogP contribution in [0.2, 0.25) is 0 Å². The Labute approximate surface area is 171 Å². The molecule has 2 aromatic rings. The fourth-order valence-corrected chi connectivity index (χ4v) is 3.93. The zero-order valence-corrected chi connectivity index (χ0v) is 16.9. The van der Waals surface area contributed by atoms with E-state index in [1.807, 2.05) is 94.4 Å². The first kappa shape index (κ1) is 19.9. The second-order valence-electron chi connectivity index (χ2n) is 8.09. The van der Waals surface area contributed by atoms with Crippen LogP contribution < -0.4 is 0 Å². The number of rotatable bonds is 2. The fourth-order valence-electron chi connectivity index (χ4n) is 3.93. The summed E-state index contributed by atoms with van der Waals surface area (Å²) in [4.78, 5) is 3.66. The van der Waals surface area contributed by atoms with Crippen LogP contribution in [0, 0.1) is 34.6 Å². The molecule has 3 rings (SSSR count). The van der Waals surface area contributed by atoms with Crippen LogP contribution in [0.25, 0.3) is 16.0 Å². The summed E-state index contributed by atoms with van der Waals surface area (Å²) in [7, 11) is 0. The maximum Gasteiger partial charge on any atom is 0.234 e. The Balaban J connectivity index is 2.19. The molecule has 142 valence electrons. The highest BCUT2D eigenvalue weighted by Gasteiger charge is 2.49. The van der Waals surface area contributed by atoms with Crippen molar-refractivity contribution in [3.63, 3.8) is 0 Å². The standard InChI is InChI=1S/C25H21N3O/c1-24(2,3)23-21(28-5)22(19(15-26)16-27)29-25(23,4)20-13-11-18(12-14-20)17-9-7-6-8-10-17/h6-14H,1-4H3. The lowest BCUT2D eigenvalue weighted by Gasteiger charge is -2.36. The molecule has 4 heteroatoms. The second kappa shape index (κ2) is 7.31. The molecule has 4 nitrogen and oxygen atoms in total. The molecule has 0 radical (unpaired) electrons. The average Bonchev–Trinajstić information content (AvgIpc) is 3.03. The van der Waals surface area contributed by atoms with Crippen molar-refractivity contribution in [1.82, 2.24) is 0 Å². The van der Waals surface area contributed by atoms with Crippen LogP contribution in [-0.4, -0.2) is 0 Å². The Bertz CT molecular complexity index is 1110. The highest BCUT2D eigenvalue weighted by molar-refractivity contribution is 5.65. The molecule has 1 heterocycles. The molecule has 1 unspecified atom stereocenters. The summed E-state index contributed by atoms with van der Waals surface area (Å²) in [6.07, 6.45) is 0. The molecular formula is C25H21N3O. The molecule has 1 aliphatic rings. The molecule has 1 atom stereocenters. The van der Waals surface area contributed by atoms with Crippen LogP contribution in [-0.2, 0) is 10.3 Å². The fraction of sp³-hybridized carbons (Fsp3) is 0.240. The summed E-state index contributed by atoms with van der Waals surface area (Å²) < 4.78 is 6.21. The van der Waals surface area contributed by atoms with Crippen molar-refractivity contribution in [2.45, 2.75) is 33.3 Å². The smallest absolute Gasteiger partial charge is 0.234 e. The third-order valence-electron chi connectivity index (χ3n) is 5.09. The zero-order valence-electron chi connectivity index (χ0n) is 16.9. The summed E-state index contributed by atoms with van der Waals surface area (Å²) in [6, 6.07) is 21.8. The van der Waals surface area contributed by atoms with E-state index in [0.717, 1.165) is 22.3 Å². The first-order valence-corrected chi connectivity index (χ1v) is 9.28. The van der Waals surface area contributed by atoms with Crippen molar-refractivity contribution in [2.75, 3.05) is 0 Å². The zero-order chi connectivity index (χ0) is 21.2. The van der Waals surface area contributed by atoms with Gasteiger partial charge in [-0.25, -0.2) is 4.85 Å². The molecule has 0 fully saturated rings. The maximum atomic E-state index is 9.36. The van der Waals surface area contributed by atoms with Crippen molar-refractivity contribution in [1.29, 1.82) is 10.5 Å². The lowest BCUT2D eigenvalue weighted by Crippen LogP contribution is -2.31. The van der Waals surface area contributed by atoms with E-state index in [1.54, 1.807) is 0 Å². The molecule has 0 amide bonds. The van der Waals surface area contributed by atoms with E-state index in [4.69, 9.17) is 11.3 Å². The van der Waals surface area contributed by atoms with Crippen LogP contribution in [0.4, 0.5) is 0 Å². The van der Waals surface area contributed by atoms with Crippen molar-refractivity contribution in [3.05, 3.63) is 94.2 Å². The normalized spacial score (nSPS) is 18.4. The van der Waals surface area contributed by atoms with Gasteiger partial charge in [-0.2, -0.15) is 10.5 Å². The van der Waals surface area contributed by atoms with Crippen molar-refractivity contribution >= 4 is 0 Å². The van der Waals surface area contributed by atoms with Gasteiger partial charge in [0.15, 0.2) is 11.3 Å². The molecule has 0 saturated carbocycles. The molecule has 0 bridgehead atoms. The number of benzene rings is 2. The third kappa shape index (κ3) is 3.40. The molecule has 0 aliphatic carbocycles. The number of allylic oxidation sites excluding steroid dienone is 1. The SMILES string of the molecule is [C-]#[N+]C1=C(C(C)(C)C)C(C)(c2ccc(-c3ccccc3)cc2)OC1=C(C#N)C#N. The van der Waals surface area contributed by atoms with Crippen LogP contribution in [0.5, 0.6) is 0 Å². The maximum absolute atomic E-state index is 9.36. The highest BCUT2D eigenvalue weighted by Crippen LogP contribution is 2.53. The minimum atomic E-state index is -0.943. The molecule has 2 aromatic carbocycles. The number of nitrogens with zero attached hydrogens (tertiary/aromatic N) is 3. The highest BCUT2D eigenvalue weighted by atomic mass is 16.5. The second-order valence-corrected chi connectivity index (χ2v) is 8.09. The summed E-state index contributed by atoms with van der Waals surface area (Å²) in [5.74, 6) is 0.0737. The van der Waals surface area contributed by atoms with Gasteiger partial charge < -0.3 is 4.74 Å². The van der Waals surface area contributed by atoms with Gasteiger partial charge in [0.05, 0.1) is 6.57 Å². The number of hydrogen-bond acceptors (Lipinski definition) is 3. The van der Waals surface area contributed by atoms with Gasteiger partial charge in [-0.3, -0.25) is 0 Å². The van der Waals surface area contributed by atoms with Crippen molar-refractivity contribution < 1.29 is 4.74 Å². The van der Waals surface area contributed by atoms with Gasteiger partial charge in [-0.1, -0.05) is 75.4 Å². The quantitative estimate of drug-likeness (QED) is 0.466. The topological polar surface area (TPSA) is 61.2 Å². The summed E-state index contributed by atoms with van der Waals surface area (Å²) >= 11 is 0. The summed E-state index contributed by atoms with van der Waals surface area (Å²) in [6.45, 7) is 15.6. The van der Waals surface area contributed by atoms with Crippen LogP contribution in [0.3, 0.4) is 0 Å². The third-order valence-corrected chi connectivity index (χ3v) is 5.09. The molecule has 0 saturated heterocycles. The van der Waals surface area contributed by atoms with E-state index in [2.05, 4.69) is 4.85 Å². The van der Waals surface area contributed by atoms with Gasteiger partial charge in [0, 0.05) is 0 Å². The Morgan fingerprint density at radius 1 is 0.966 bits per heavy atom. The largest absolute Gasteiger partial charge is 0.489 e. The Hall–Kier alpha value is -3.81. The molecule has 1 aliphatic heterocycles. The monoisotopic (exact) mass is 379 g/mol. The first-order valence-electron chi connectivity index (χ1n) is 9.28. The van der Waals surface area contributed by atoms with Crippen molar-refractivity contribution in [2.24, 2.45) is 5.41 Å². The van der Waals surface area contributed by atoms with E-state index < -0.39 is 11.0 Å². The predicted octanol–water partition coefficient (Wildman–Crippen LogP) is 6.12. The van der Waals surface area contributed by atoms with Crippen LogP contribution in [0.15, 0.2) is 77.2 Å². The first-order chi connectivity index (χ1) is 13.8. The molecule has 29 heavy (non-hydrogen) atoms. The Morgan fingerprint density at radius 3 is 2.00 bits per heavy atom. The molecule has 0 aromatic heterocycles. The Morgan fingerprint density at radius 2 is 1.52 bits per heavy atom. The van der Waals surface area contributed by atoms with Gasteiger partial charge in [0.2, 0.25) is 5.70 Å². The van der Waals surface area contributed by atoms with Crippen LogP contribution in [0.1, 0.15) is 33.3 Å². The van der Waals surface area contributed by atoms with E-state index in [9.17, 15) is 10.5 Å². The lowest BCUT2D eigenvalue weighted by molar-refractivity contribution is 0.0585. The van der Waals surface area contributed by atoms with E-state index >= 15 is 0 Å². The number of hydrogen-bond donors (Lipinski definition) is 0. The van der Waals surface area contributed by atoms with Gasteiger partial charge in [0.1, 0.15) is 17.7 Å². The van der Waals surface area contributed by atoms with E-state index in [1.165, 1.54) is 0 Å². The van der Waals surface area contributed by atoms with Crippen LogP contribution >= 0.6 is 0 Å². The van der Waals surface area contributed by atoms with Gasteiger partial charge in [0.25, 0.3) is 0 Å². The predicted molar refractivity (Wildman–Crippen MR) is 112 cm³/mol. The number of nitriles is 2. The summed E-state index contributed by atoms with van der Waals surface area (Å²) in [5, 5.41) is 18.7. The lowest BCUT2D eigenvalue weighted by atomic mass is 9.73.